The smallest absolute Gasteiger partial charge is 0.381 e. The number of halogens is 3. The van der Waals surface area contributed by atoms with Crippen LogP contribution in [0.3, 0.4) is 0 Å². The lowest BCUT2D eigenvalue weighted by atomic mass is 10.1. The number of pyridine rings is 2. The van der Waals surface area contributed by atoms with Gasteiger partial charge in [0.1, 0.15) is 11.4 Å². The predicted molar refractivity (Wildman–Crippen MR) is 119 cm³/mol. The third kappa shape index (κ3) is 4.61. The van der Waals surface area contributed by atoms with E-state index in [4.69, 9.17) is 0 Å². The molecule has 0 saturated heterocycles. The third-order valence-electron chi connectivity index (χ3n) is 5.81. The van der Waals surface area contributed by atoms with E-state index in [1.54, 1.807) is 30.9 Å². The van der Waals surface area contributed by atoms with E-state index in [1.807, 2.05) is 0 Å². The molecule has 0 bridgehead atoms. The molecule has 35 heavy (non-hydrogen) atoms. The normalized spacial score (nSPS) is 14.7. The zero-order valence-corrected chi connectivity index (χ0v) is 19.4. The van der Waals surface area contributed by atoms with Crippen molar-refractivity contribution in [3.8, 4) is 5.82 Å². The molecule has 3 aromatic heterocycles. The maximum atomic E-state index is 13.1. The van der Waals surface area contributed by atoms with E-state index in [1.165, 1.54) is 26.2 Å². The number of aromatic nitrogens is 4. The highest BCUT2D eigenvalue weighted by Gasteiger charge is 2.36. The van der Waals surface area contributed by atoms with Gasteiger partial charge in [-0.3, -0.25) is 9.59 Å². The van der Waals surface area contributed by atoms with Crippen molar-refractivity contribution in [2.45, 2.75) is 52.1 Å². The summed E-state index contributed by atoms with van der Waals surface area (Å²) in [5.41, 5.74) is -0.339. The Balaban J connectivity index is 1.58. The maximum absolute atomic E-state index is 13.1. The monoisotopic (exact) mass is 488 g/mol. The van der Waals surface area contributed by atoms with Crippen molar-refractivity contribution in [3.05, 3.63) is 64.7 Å². The van der Waals surface area contributed by atoms with Crippen molar-refractivity contribution < 1.29 is 27.9 Å². The number of hydrogen-bond donors (Lipinski definition) is 2. The number of amides is 2. The van der Waals surface area contributed by atoms with E-state index in [0.29, 0.717) is 22.3 Å². The van der Waals surface area contributed by atoms with Crippen molar-refractivity contribution in [1.82, 2.24) is 24.6 Å². The number of aliphatic hydroxyl groups is 1. The van der Waals surface area contributed by atoms with E-state index >= 15 is 0 Å². The summed E-state index contributed by atoms with van der Waals surface area (Å²) in [6.07, 6.45) is -0.000408. The summed E-state index contributed by atoms with van der Waals surface area (Å²) in [5.74, 6) is -0.480. The van der Waals surface area contributed by atoms with Crippen LogP contribution in [0.4, 0.5) is 19.0 Å². The number of hydrogen-bond acceptors (Lipinski definition) is 6. The zero-order chi connectivity index (χ0) is 25.7. The van der Waals surface area contributed by atoms with E-state index < -0.39 is 29.3 Å². The van der Waals surface area contributed by atoms with E-state index in [-0.39, 0.29) is 24.1 Å². The molecule has 0 fully saturated rings. The summed E-state index contributed by atoms with van der Waals surface area (Å²) in [6, 6.07) is 2.87. The van der Waals surface area contributed by atoms with E-state index in [9.17, 15) is 27.9 Å². The zero-order valence-electron chi connectivity index (χ0n) is 19.4. The molecule has 0 radical (unpaired) electrons. The fourth-order valence-electron chi connectivity index (χ4n) is 3.75. The highest BCUT2D eigenvalue weighted by molar-refractivity contribution is 6.02. The van der Waals surface area contributed by atoms with Crippen LogP contribution in [0.1, 0.15) is 59.4 Å². The van der Waals surface area contributed by atoms with Gasteiger partial charge in [0.15, 0.2) is 5.82 Å². The molecular weight excluding hydrogens is 465 g/mol. The summed E-state index contributed by atoms with van der Waals surface area (Å²) in [5, 5.41) is 16.3. The van der Waals surface area contributed by atoms with Crippen LogP contribution in [-0.2, 0) is 17.5 Å². The van der Waals surface area contributed by atoms with Crippen molar-refractivity contribution in [1.29, 1.82) is 0 Å². The molecule has 0 aromatic carbocycles. The molecular formula is C23H23F3N6O3. The minimum Gasteiger partial charge on any atom is -0.381 e. The summed E-state index contributed by atoms with van der Waals surface area (Å²) in [7, 11) is 0. The second-order valence-corrected chi connectivity index (χ2v) is 8.89. The molecule has 1 aliphatic rings. The van der Waals surface area contributed by atoms with Crippen molar-refractivity contribution >= 4 is 17.6 Å². The number of nitrogens with zero attached hydrogens (tertiary/aromatic N) is 5. The van der Waals surface area contributed by atoms with Crippen LogP contribution in [0.25, 0.3) is 5.82 Å². The van der Waals surface area contributed by atoms with Crippen LogP contribution < -0.4 is 5.32 Å². The molecule has 2 N–H and O–H groups in total. The van der Waals surface area contributed by atoms with Crippen LogP contribution in [0, 0.1) is 6.92 Å². The molecule has 0 spiro atoms. The summed E-state index contributed by atoms with van der Waals surface area (Å²) >= 11 is 0. The number of anilines is 1. The SMILES string of the molecule is Cc1cc(C(C)N2Cc3c(ccnc3NC(=O)C(C)(C)O)C2=O)cnc1-n1cc(C(F)(F)F)cn1. The second-order valence-electron chi connectivity index (χ2n) is 8.89. The Morgan fingerprint density at radius 1 is 1.23 bits per heavy atom. The Hall–Kier alpha value is -3.80. The van der Waals surface area contributed by atoms with Crippen LogP contribution in [0.5, 0.6) is 0 Å². The van der Waals surface area contributed by atoms with Gasteiger partial charge in [-0.1, -0.05) is 0 Å². The van der Waals surface area contributed by atoms with Crippen LogP contribution in [0.15, 0.2) is 36.9 Å². The Kier molecular flexibility index (Phi) is 5.87. The standard InChI is InChI=1S/C23H23F3N6O3/c1-12-7-14(8-28-19(12)32-10-15(9-29-32)23(24,25)26)13(2)31-11-17-16(20(31)33)5-6-27-18(17)30-21(34)22(3,4)35/h5-10,13,35H,11H2,1-4H3,(H,27,30,34). The molecule has 1 unspecified atom stereocenters. The van der Waals surface area contributed by atoms with Gasteiger partial charge in [-0.05, 0) is 51.0 Å². The van der Waals surface area contributed by atoms with Crippen LogP contribution in [0.2, 0.25) is 0 Å². The molecule has 1 atom stereocenters. The largest absolute Gasteiger partial charge is 0.419 e. The molecule has 2 amide bonds. The molecule has 4 heterocycles. The van der Waals surface area contributed by atoms with Crippen LogP contribution in [-0.4, -0.2) is 47.2 Å². The lowest BCUT2D eigenvalue weighted by Gasteiger charge is -2.25. The lowest BCUT2D eigenvalue weighted by molar-refractivity contribution is -0.137. The van der Waals surface area contributed by atoms with Gasteiger partial charge in [0, 0.05) is 29.7 Å². The summed E-state index contributed by atoms with van der Waals surface area (Å²) in [4.78, 5) is 35.4. The van der Waals surface area contributed by atoms with Gasteiger partial charge in [-0.15, -0.1) is 0 Å². The molecule has 9 nitrogen and oxygen atoms in total. The van der Waals surface area contributed by atoms with Gasteiger partial charge >= 0.3 is 6.18 Å². The van der Waals surface area contributed by atoms with Crippen molar-refractivity contribution in [2.75, 3.05) is 5.32 Å². The minimum atomic E-state index is -4.51. The Bertz CT molecular complexity index is 1310. The number of rotatable bonds is 5. The fourth-order valence-corrected chi connectivity index (χ4v) is 3.75. The van der Waals surface area contributed by atoms with Gasteiger partial charge in [0.2, 0.25) is 0 Å². The van der Waals surface area contributed by atoms with E-state index in [0.717, 1.165) is 17.1 Å². The molecule has 0 aliphatic carbocycles. The Labute approximate surface area is 198 Å². The molecule has 4 rings (SSSR count). The Morgan fingerprint density at radius 2 is 1.94 bits per heavy atom. The lowest BCUT2D eigenvalue weighted by Crippen LogP contribution is -2.37. The third-order valence-corrected chi connectivity index (χ3v) is 5.81. The Morgan fingerprint density at radius 3 is 2.54 bits per heavy atom. The first-order chi connectivity index (χ1) is 16.3. The molecule has 12 heteroatoms. The van der Waals surface area contributed by atoms with Crippen molar-refractivity contribution in [2.24, 2.45) is 0 Å². The molecule has 3 aromatic rings. The van der Waals surface area contributed by atoms with E-state index in [2.05, 4.69) is 20.4 Å². The van der Waals surface area contributed by atoms with Gasteiger partial charge in [0.05, 0.1) is 24.3 Å². The first kappa shape index (κ1) is 24.3. The molecule has 1 aliphatic heterocycles. The number of nitrogens with one attached hydrogen (secondary N) is 1. The fraction of sp³-hybridized carbons (Fsp3) is 0.348. The average Bonchev–Trinajstić information content (AvgIpc) is 3.39. The quantitative estimate of drug-likeness (QED) is 0.569. The number of carbonyl (C=O) groups is 2. The number of aryl methyl sites for hydroxylation is 1. The number of fused-ring (bicyclic) bond motifs is 1. The van der Waals surface area contributed by atoms with Gasteiger partial charge in [-0.2, -0.15) is 18.3 Å². The van der Waals surface area contributed by atoms with Gasteiger partial charge in [0.25, 0.3) is 11.8 Å². The summed E-state index contributed by atoms with van der Waals surface area (Å²) in [6.45, 7) is 6.36. The second kappa shape index (κ2) is 8.45. The molecule has 0 saturated carbocycles. The van der Waals surface area contributed by atoms with Gasteiger partial charge in [-0.25, -0.2) is 14.6 Å². The first-order valence-electron chi connectivity index (χ1n) is 10.7. The highest BCUT2D eigenvalue weighted by Crippen LogP contribution is 2.35. The molecule has 184 valence electrons. The topological polar surface area (TPSA) is 113 Å². The first-order valence-corrected chi connectivity index (χ1v) is 10.7. The number of carbonyl (C=O) groups excluding carboxylic acids is 2. The van der Waals surface area contributed by atoms with Crippen molar-refractivity contribution in [3.63, 3.8) is 0 Å². The predicted octanol–water partition coefficient (Wildman–Crippen LogP) is 3.42. The van der Waals surface area contributed by atoms with Gasteiger partial charge < -0.3 is 15.3 Å². The average molecular weight is 488 g/mol. The maximum Gasteiger partial charge on any atom is 0.419 e. The minimum absolute atomic E-state index is 0.166. The summed E-state index contributed by atoms with van der Waals surface area (Å²) < 4.78 is 39.8. The highest BCUT2D eigenvalue weighted by atomic mass is 19.4. The number of alkyl halides is 3. The van der Waals surface area contributed by atoms with Crippen LogP contribution >= 0.6 is 0 Å².